The van der Waals surface area contributed by atoms with Crippen LogP contribution in [0.25, 0.3) is 33.5 Å². The van der Waals surface area contributed by atoms with Gasteiger partial charge in [-0.25, -0.2) is 9.97 Å². The second kappa shape index (κ2) is 10.4. The number of nitrogens with one attached hydrogen (secondary N) is 2. The molecule has 2 amide bonds. The normalized spacial score (nSPS) is 10.8. The number of carbonyl (C=O) groups excluding carboxylic acids is 2. The summed E-state index contributed by atoms with van der Waals surface area (Å²) in [5, 5.41) is 10.5. The van der Waals surface area contributed by atoms with Crippen LogP contribution >= 0.6 is 22.7 Å². The van der Waals surface area contributed by atoms with Gasteiger partial charge in [0, 0.05) is 27.9 Å². The van der Waals surface area contributed by atoms with Crippen LogP contribution in [-0.2, 0) is 0 Å². The lowest BCUT2D eigenvalue weighted by atomic mass is 10.0. The number of hydrogen-bond acceptors (Lipinski definition) is 6. The van der Waals surface area contributed by atoms with Gasteiger partial charge in [0.25, 0.3) is 11.8 Å². The minimum Gasteiger partial charge on any atom is -0.321 e. The maximum atomic E-state index is 12.6. The quantitative estimate of drug-likeness (QED) is 0.231. The van der Waals surface area contributed by atoms with E-state index >= 15 is 0 Å². The van der Waals surface area contributed by atoms with Crippen molar-refractivity contribution in [1.29, 1.82) is 0 Å². The Labute approximate surface area is 226 Å². The lowest BCUT2D eigenvalue weighted by Crippen LogP contribution is -2.10. The molecule has 0 saturated heterocycles. The number of aromatic nitrogens is 2. The Bertz CT molecular complexity index is 1730. The van der Waals surface area contributed by atoms with Crippen LogP contribution in [0.15, 0.2) is 108 Å². The molecule has 0 saturated carbocycles. The number of rotatable bonds is 6. The zero-order valence-corrected chi connectivity index (χ0v) is 21.6. The highest BCUT2D eigenvalue weighted by Gasteiger charge is 2.14. The van der Waals surface area contributed by atoms with E-state index in [-0.39, 0.29) is 11.8 Å². The van der Waals surface area contributed by atoms with Gasteiger partial charge in [0.05, 0.1) is 21.0 Å². The standard InChI is InChI=1S/C30H20N4O2S2/c35-29(25-8-4-16-37-25)31-21-12-10-20(11-13-21)28-33-24-15-14-22(32-30(36)26-9-5-17-38-26)18-23(24)27(34-28)19-6-2-1-3-7-19/h1-18H,(H,31,35)(H,32,36). The third kappa shape index (κ3) is 4.95. The number of fused-ring (bicyclic) bond motifs is 1. The number of carbonyl (C=O) groups is 2. The van der Waals surface area contributed by atoms with Gasteiger partial charge in [-0.2, -0.15) is 0 Å². The lowest BCUT2D eigenvalue weighted by Gasteiger charge is -2.12. The molecule has 0 fully saturated rings. The van der Waals surface area contributed by atoms with E-state index in [1.165, 1.54) is 22.7 Å². The average molecular weight is 533 g/mol. The van der Waals surface area contributed by atoms with E-state index in [4.69, 9.17) is 9.97 Å². The molecule has 0 spiro atoms. The number of anilines is 2. The summed E-state index contributed by atoms with van der Waals surface area (Å²) in [6.45, 7) is 0. The van der Waals surface area contributed by atoms with Gasteiger partial charge in [-0.15, -0.1) is 22.7 Å². The van der Waals surface area contributed by atoms with Crippen molar-refractivity contribution in [2.75, 3.05) is 10.6 Å². The number of benzene rings is 3. The predicted octanol–water partition coefficient (Wildman–Crippen LogP) is 7.59. The molecule has 2 N–H and O–H groups in total. The first-order valence-corrected chi connectivity index (χ1v) is 13.6. The third-order valence-corrected chi connectivity index (χ3v) is 7.63. The summed E-state index contributed by atoms with van der Waals surface area (Å²) in [6.07, 6.45) is 0. The van der Waals surface area contributed by atoms with Crippen molar-refractivity contribution in [2.24, 2.45) is 0 Å². The van der Waals surface area contributed by atoms with E-state index in [1.54, 1.807) is 12.1 Å². The van der Waals surface area contributed by atoms with Crippen LogP contribution in [0.5, 0.6) is 0 Å². The highest BCUT2D eigenvalue weighted by molar-refractivity contribution is 7.12. The van der Waals surface area contributed by atoms with Gasteiger partial charge >= 0.3 is 0 Å². The molecule has 0 radical (unpaired) electrons. The van der Waals surface area contributed by atoms with E-state index in [9.17, 15) is 9.59 Å². The van der Waals surface area contributed by atoms with Gasteiger partial charge in [0.15, 0.2) is 5.82 Å². The highest BCUT2D eigenvalue weighted by atomic mass is 32.1. The maximum Gasteiger partial charge on any atom is 0.265 e. The van der Waals surface area contributed by atoms with Gasteiger partial charge in [-0.3, -0.25) is 9.59 Å². The van der Waals surface area contributed by atoms with Gasteiger partial charge in [-0.05, 0) is 65.4 Å². The summed E-state index contributed by atoms with van der Waals surface area (Å²) in [6, 6.07) is 30.4. The zero-order valence-electron chi connectivity index (χ0n) is 19.9. The van der Waals surface area contributed by atoms with E-state index in [1.807, 2.05) is 95.7 Å². The van der Waals surface area contributed by atoms with Crippen molar-refractivity contribution in [3.63, 3.8) is 0 Å². The molecule has 38 heavy (non-hydrogen) atoms. The smallest absolute Gasteiger partial charge is 0.265 e. The molecule has 3 aromatic carbocycles. The van der Waals surface area contributed by atoms with Crippen LogP contribution < -0.4 is 10.6 Å². The highest BCUT2D eigenvalue weighted by Crippen LogP contribution is 2.31. The van der Waals surface area contributed by atoms with Crippen LogP contribution in [0.1, 0.15) is 19.3 Å². The third-order valence-electron chi connectivity index (χ3n) is 5.89. The average Bonchev–Trinajstić information content (AvgIpc) is 3.69. The van der Waals surface area contributed by atoms with Crippen molar-refractivity contribution in [3.8, 4) is 22.6 Å². The summed E-state index contributed by atoms with van der Waals surface area (Å²) in [5.41, 5.74) is 4.68. The van der Waals surface area contributed by atoms with Crippen molar-refractivity contribution in [1.82, 2.24) is 9.97 Å². The molecule has 0 aliphatic carbocycles. The number of hydrogen-bond donors (Lipinski definition) is 2. The first-order valence-electron chi connectivity index (χ1n) is 11.8. The molecule has 6 nitrogen and oxygen atoms in total. The van der Waals surface area contributed by atoms with Crippen LogP contribution in [0.3, 0.4) is 0 Å². The zero-order chi connectivity index (χ0) is 25.9. The van der Waals surface area contributed by atoms with E-state index in [0.29, 0.717) is 27.0 Å². The minimum atomic E-state index is -0.149. The summed E-state index contributed by atoms with van der Waals surface area (Å²) in [5.74, 6) is 0.287. The van der Waals surface area contributed by atoms with Crippen molar-refractivity contribution >= 4 is 56.8 Å². The molecular formula is C30H20N4O2S2. The summed E-state index contributed by atoms with van der Waals surface area (Å²) < 4.78 is 0. The molecule has 0 aliphatic heterocycles. The number of nitrogens with zero attached hydrogens (tertiary/aromatic N) is 2. The fraction of sp³-hybridized carbons (Fsp3) is 0. The summed E-state index contributed by atoms with van der Waals surface area (Å²) >= 11 is 2.80. The Balaban J connectivity index is 1.35. The maximum absolute atomic E-state index is 12.6. The van der Waals surface area contributed by atoms with Crippen molar-refractivity contribution in [2.45, 2.75) is 0 Å². The van der Waals surface area contributed by atoms with Gasteiger partial charge in [0.1, 0.15) is 0 Å². The number of thiophene rings is 2. The molecule has 6 aromatic rings. The molecule has 3 heterocycles. The fourth-order valence-electron chi connectivity index (χ4n) is 4.05. The second-order valence-electron chi connectivity index (χ2n) is 8.43. The first kappa shape index (κ1) is 23.7. The summed E-state index contributed by atoms with van der Waals surface area (Å²) in [7, 11) is 0. The van der Waals surface area contributed by atoms with Crippen molar-refractivity contribution < 1.29 is 9.59 Å². The molecule has 6 rings (SSSR count). The van der Waals surface area contributed by atoms with Gasteiger partial charge in [0.2, 0.25) is 0 Å². The van der Waals surface area contributed by atoms with E-state index in [0.717, 1.165) is 27.7 Å². The molecule has 0 unspecified atom stereocenters. The molecule has 3 aromatic heterocycles. The topological polar surface area (TPSA) is 84.0 Å². The second-order valence-corrected chi connectivity index (χ2v) is 10.3. The molecule has 0 atom stereocenters. The van der Waals surface area contributed by atoms with Crippen molar-refractivity contribution in [3.05, 3.63) is 118 Å². The lowest BCUT2D eigenvalue weighted by molar-refractivity contribution is 0.102. The summed E-state index contributed by atoms with van der Waals surface area (Å²) in [4.78, 5) is 36.1. The van der Waals surface area contributed by atoms with Crippen LogP contribution in [0.2, 0.25) is 0 Å². The van der Waals surface area contributed by atoms with Crippen LogP contribution in [0, 0.1) is 0 Å². The van der Waals surface area contributed by atoms with Gasteiger partial charge in [-0.1, -0.05) is 42.5 Å². The Hall–Kier alpha value is -4.66. The monoisotopic (exact) mass is 532 g/mol. The Morgan fingerprint density at radius 2 is 1.24 bits per heavy atom. The Morgan fingerprint density at radius 3 is 1.87 bits per heavy atom. The molecule has 0 aliphatic rings. The van der Waals surface area contributed by atoms with Crippen LogP contribution in [0.4, 0.5) is 11.4 Å². The van der Waals surface area contributed by atoms with Crippen LogP contribution in [-0.4, -0.2) is 21.8 Å². The molecule has 184 valence electrons. The largest absolute Gasteiger partial charge is 0.321 e. The molecular weight excluding hydrogens is 512 g/mol. The Kier molecular flexibility index (Phi) is 6.47. The predicted molar refractivity (Wildman–Crippen MR) is 155 cm³/mol. The van der Waals surface area contributed by atoms with Gasteiger partial charge < -0.3 is 10.6 Å². The van der Waals surface area contributed by atoms with E-state index in [2.05, 4.69) is 10.6 Å². The fourth-order valence-corrected chi connectivity index (χ4v) is 5.29. The Morgan fingerprint density at radius 1 is 0.605 bits per heavy atom. The minimum absolute atomic E-state index is 0.136. The molecule has 0 bridgehead atoms. The SMILES string of the molecule is O=C(Nc1ccc(-c2nc(-c3ccccc3)c3cc(NC(=O)c4cccs4)ccc3n2)cc1)c1cccs1. The molecule has 8 heteroatoms. The number of amides is 2. The van der Waals surface area contributed by atoms with E-state index < -0.39 is 0 Å². The first-order chi connectivity index (χ1) is 18.6.